The van der Waals surface area contributed by atoms with Crippen LogP contribution in [-0.2, 0) is 0 Å². The Labute approximate surface area is 94.9 Å². The van der Waals surface area contributed by atoms with E-state index in [1.54, 1.807) is 11.8 Å². The van der Waals surface area contributed by atoms with Gasteiger partial charge in [-0.15, -0.1) is 11.8 Å². The first kappa shape index (κ1) is 10.7. The van der Waals surface area contributed by atoms with Crippen LogP contribution in [0.5, 0.6) is 0 Å². The molecule has 4 heteroatoms. The topological polar surface area (TPSA) is 51.8 Å². The van der Waals surface area contributed by atoms with Crippen molar-refractivity contribution in [2.45, 2.75) is 43.6 Å². The summed E-state index contributed by atoms with van der Waals surface area (Å²) >= 11 is 1.79. The Balaban J connectivity index is 2.02. The van der Waals surface area contributed by atoms with Gasteiger partial charge in [-0.25, -0.2) is 9.97 Å². The van der Waals surface area contributed by atoms with Gasteiger partial charge in [-0.1, -0.05) is 13.3 Å². The summed E-state index contributed by atoms with van der Waals surface area (Å²) < 4.78 is 0. The van der Waals surface area contributed by atoms with Crippen LogP contribution in [0.3, 0.4) is 0 Å². The van der Waals surface area contributed by atoms with Crippen LogP contribution in [-0.4, -0.2) is 15.7 Å². The Hall–Kier alpha value is -0.770. The van der Waals surface area contributed by atoms with Crippen LogP contribution < -0.4 is 5.73 Å². The fourth-order valence-electron chi connectivity index (χ4n) is 1.38. The molecule has 3 nitrogen and oxygen atoms in total. The summed E-state index contributed by atoms with van der Waals surface area (Å²) in [6, 6.07) is 1.88. The predicted octanol–water partition coefficient (Wildman–Crippen LogP) is 2.83. The lowest BCUT2D eigenvalue weighted by molar-refractivity contribution is 0.873. The molecule has 0 saturated heterocycles. The number of nitrogens with zero attached hydrogens (tertiary/aromatic N) is 2. The largest absolute Gasteiger partial charge is 0.384 e. The number of rotatable bonds is 5. The summed E-state index contributed by atoms with van der Waals surface area (Å²) in [6.07, 6.45) is 4.90. The second-order valence-corrected chi connectivity index (χ2v) is 5.08. The van der Waals surface area contributed by atoms with Gasteiger partial charge < -0.3 is 5.73 Å². The smallest absolute Gasteiger partial charge is 0.135 e. The summed E-state index contributed by atoms with van der Waals surface area (Å²) in [6.45, 7) is 2.20. The van der Waals surface area contributed by atoms with Gasteiger partial charge in [0.15, 0.2) is 0 Å². The van der Waals surface area contributed by atoms with Crippen molar-refractivity contribution in [3.63, 3.8) is 0 Å². The fraction of sp³-hybridized carbons (Fsp3) is 0.636. The molecule has 2 N–H and O–H groups in total. The molecule has 0 spiro atoms. The normalized spacial score (nSPS) is 15.5. The molecule has 0 atom stereocenters. The van der Waals surface area contributed by atoms with Gasteiger partial charge in [0.25, 0.3) is 0 Å². The molecule has 1 aliphatic carbocycles. The van der Waals surface area contributed by atoms with E-state index in [1.165, 1.54) is 25.7 Å². The minimum Gasteiger partial charge on any atom is -0.384 e. The monoisotopic (exact) mass is 223 g/mol. The van der Waals surface area contributed by atoms with Crippen LogP contribution in [0.15, 0.2) is 11.1 Å². The highest BCUT2D eigenvalue weighted by molar-refractivity contribution is 7.99. The maximum Gasteiger partial charge on any atom is 0.135 e. The molecule has 1 aromatic heterocycles. The van der Waals surface area contributed by atoms with E-state index in [0.29, 0.717) is 11.7 Å². The van der Waals surface area contributed by atoms with E-state index in [-0.39, 0.29) is 0 Å². The molecular formula is C11H17N3S. The van der Waals surface area contributed by atoms with Crippen molar-refractivity contribution < 1.29 is 0 Å². The molecule has 15 heavy (non-hydrogen) atoms. The number of nitrogens with two attached hydrogens (primary N) is 1. The summed E-state index contributed by atoms with van der Waals surface area (Å²) in [5.41, 5.74) is 5.76. The van der Waals surface area contributed by atoms with Crippen molar-refractivity contribution in [2.24, 2.45) is 0 Å². The number of thioether (sulfide) groups is 1. The lowest BCUT2D eigenvalue weighted by atomic mass is 10.4. The van der Waals surface area contributed by atoms with Crippen LogP contribution >= 0.6 is 11.8 Å². The second-order valence-electron chi connectivity index (χ2n) is 3.97. The molecule has 1 heterocycles. The number of nitrogen functional groups attached to an aromatic ring is 1. The first-order chi connectivity index (χ1) is 7.29. The number of aromatic nitrogens is 2. The van der Waals surface area contributed by atoms with Gasteiger partial charge in [0.1, 0.15) is 16.7 Å². The molecule has 2 rings (SSSR count). The summed E-state index contributed by atoms with van der Waals surface area (Å²) in [5.74, 6) is 3.27. The molecular weight excluding hydrogens is 206 g/mol. The van der Waals surface area contributed by atoms with Crippen LogP contribution in [0.1, 0.15) is 44.3 Å². The third-order valence-corrected chi connectivity index (χ3v) is 3.43. The van der Waals surface area contributed by atoms with Gasteiger partial charge in [-0.3, -0.25) is 0 Å². The van der Waals surface area contributed by atoms with Gasteiger partial charge >= 0.3 is 0 Å². The highest BCUT2D eigenvalue weighted by atomic mass is 32.2. The van der Waals surface area contributed by atoms with E-state index in [4.69, 9.17) is 5.73 Å². The number of hydrogen-bond donors (Lipinski definition) is 1. The van der Waals surface area contributed by atoms with E-state index in [2.05, 4.69) is 16.9 Å². The van der Waals surface area contributed by atoms with Crippen molar-refractivity contribution in [1.82, 2.24) is 9.97 Å². The second kappa shape index (κ2) is 4.84. The molecule has 0 bridgehead atoms. The quantitative estimate of drug-likeness (QED) is 0.474. The number of hydrogen-bond acceptors (Lipinski definition) is 4. The molecule has 0 aromatic carbocycles. The SMILES string of the molecule is CCCCSc1cc(N)nc(C2CC2)n1. The molecule has 0 radical (unpaired) electrons. The van der Waals surface area contributed by atoms with E-state index >= 15 is 0 Å². The third kappa shape index (κ3) is 3.09. The first-order valence-electron chi connectivity index (χ1n) is 5.57. The standard InChI is InChI=1S/C11H17N3S/c1-2-3-6-15-10-7-9(12)13-11(14-10)8-4-5-8/h7-8H,2-6H2,1H3,(H2,12,13,14). The third-order valence-electron chi connectivity index (χ3n) is 2.43. The van der Waals surface area contributed by atoms with Gasteiger partial charge in [-0.2, -0.15) is 0 Å². The minimum atomic E-state index is 0.582. The lowest BCUT2D eigenvalue weighted by Crippen LogP contribution is -1.99. The molecule has 82 valence electrons. The van der Waals surface area contributed by atoms with Crippen molar-refractivity contribution in [2.75, 3.05) is 11.5 Å². The molecule has 1 fully saturated rings. The Kier molecular flexibility index (Phi) is 3.46. The zero-order valence-corrected chi connectivity index (χ0v) is 9.89. The van der Waals surface area contributed by atoms with Crippen molar-refractivity contribution in [3.8, 4) is 0 Å². The molecule has 0 amide bonds. The molecule has 1 saturated carbocycles. The van der Waals surface area contributed by atoms with E-state index in [1.807, 2.05) is 6.07 Å². The average molecular weight is 223 g/mol. The Morgan fingerprint density at radius 3 is 2.93 bits per heavy atom. The van der Waals surface area contributed by atoms with E-state index in [9.17, 15) is 0 Å². The molecule has 0 unspecified atom stereocenters. The van der Waals surface area contributed by atoms with Gasteiger partial charge in [-0.05, 0) is 25.0 Å². The predicted molar refractivity (Wildman–Crippen MR) is 64.1 cm³/mol. The van der Waals surface area contributed by atoms with E-state index in [0.717, 1.165) is 16.6 Å². The molecule has 0 aliphatic heterocycles. The zero-order valence-electron chi connectivity index (χ0n) is 9.07. The van der Waals surface area contributed by atoms with Crippen molar-refractivity contribution in [3.05, 3.63) is 11.9 Å². The highest BCUT2D eigenvalue weighted by Crippen LogP contribution is 2.38. The average Bonchev–Trinajstić information content (AvgIpc) is 3.00. The molecule has 1 aliphatic rings. The van der Waals surface area contributed by atoms with Crippen LogP contribution in [0.2, 0.25) is 0 Å². The lowest BCUT2D eigenvalue weighted by Gasteiger charge is -2.04. The van der Waals surface area contributed by atoms with Crippen LogP contribution in [0.25, 0.3) is 0 Å². The minimum absolute atomic E-state index is 0.582. The van der Waals surface area contributed by atoms with Gasteiger partial charge in [0.05, 0.1) is 0 Å². The summed E-state index contributed by atoms with van der Waals surface area (Å²) in [7, 11) is 0. The Morgan fingerprint density at radius 1 is 1.47 bits per heavy atom. The first-order valence-corrected chi connectivity index (χ1v) is 6.55. The summed E-state index contributed by atoms with van der Waals surface area (Å²) in [5, 5.41) is 1.04. The number of unbranched alkanes of at least 4 members (excludes halogenated alkanes) is 1. The highest BCUT2D eigenvalue weighted by Gasteiger charge is 2.27. The van der Waals surface area contributed by atoms with Crippen LogP contribution in [0.4, 0.5) is 5.82 Å². The maximum absolute atomic E-state index is 5.76. The zero-order chi connectivity index (χ0) is 10.7. The fourth-order valence-corrected chi connectivity index (χ4v) is 2.38. The Morgan fingerprint density at radius 2 is 2.27 bits per heavy atom. The Bertz CT molecular complexity index is 337. The number of anilines is 1. The van der Waals surface area contributed by atoms with Crippen molar-refractivity contribution in [1.29, 1.82) is 0 Å². The van der Waals surface area contributed by atoms with Gasteiger partial charge in [0.2, 0.25) is 0 Å². The maximum atomic E-state index is 5.76. The van der Waals surface area contributed by atoms with Crippen LogP contribution in [0, 0.1) is 0 Å². The molecule has 1 aromatic rings. The summed E-state index contributed by atoms with van der Waals surface area (Å²) in [4.78, 5) is 8.82. The van der Waals surface area contributed by atoms with E-state index < -0.39 is 0 Å². The van der Waals surface area contributed by atoms with Gasteiger partial charge in [0, 0.05) is 12.0 Å². The van der Waals surface area contributed by atoms with Crippen molar-refractivity contribution >= 4 is 17.6 Å².